The SMILES string of the molecule is COC(=O)CCC(=O)C(NCc1ccc(-c2cc(CC(C)C)sc2NS(=O)O)cc1)(C(=O)OC)C(C)C. The molecule has 9 nitrogen and oxygen atoms in total. The molecule has 3 N–H and O–H groups in total. The van der Waals surface area contributed by atoms with Crippen LogP contribution in [0.4, 0.5) is 5.00 Å². The highest BCUT2D eigenvalue weighted by atomic mass is 32.2. The molecule has 37 heavy (non-hydrogen) atoms. The summed E-state index contributed by atoms with van der Waals surface area (Å²) in [5, 5.41) is 3.72. The van der Waals surface area contributed by atoms with Crippen LogP contribution in [0, 0.1) is 11.8 Å². The van der Waals surface area contributed by atoms with E-state index in [0.29, 0.717) is 10.9 Å². The second-order valence-corrected chi connectivity index (χ2v) is 11.2. The number of ether oxygens (including phenoxy) is 2. The van der Waals surface area contributed by atoms with Crippen molar-refractivity contribution in [1.29, 1.82) is 0 Å². The third kappa shape index (κ3) is 7.94. The molecule has 0 radical (unpaired) electrons. The molecular weight excluding hydrogens is 516 g/mol. The molecule has 0 aliphatic heterocycles. The van der Waals surface area contributed by atoms with Crippen molar-refractivity contribution in [2.45, 2.75) is 59.0 Å². The lowest BCUT2D eigenvalue weighted by Crippen LogP contribution is -2.62. The van der Waals surface area contributed by atoms with Gasteiger partial charge in [-0.2, -0.15) is 0 Å². The predicted molar refractivity (Wildman–Crippen MR) is 145 cm³/mol. The van der Waals surface area contributed by atoms with Gasteiger partial charge in [-0.05, 0) is 35.4 Å². The first-order valence-corrected chi connectivity index (χ1v) is 13.9. The van der Waals surface area contributed by atoms with Gasteiger partial charge in [0.2, 0.25) is 0 Å². The highest BCUT2D eigenvalue weighted by molar-refractivity contribution is 7.80. The second kappa shape index (κ2) is 13.8. The number of esters is 2. The smallest absolute Gasteiger partial charge is 0.334 e. The first-order valence-electron chi connectivity index (χ1n) is 12.0. The van der Waals surface area contributed by atoms with Crippen molar-refractivity contribution in [1.82, 2.24) is 5.32 Å². The molecule has 0 fully saturated rings. The van der Waals surface area contributed by atoms with Gasteiger partial charge >= 0.3 is 11.9 Å². The molecule has 0 saturated heterocycles. The molecule has 2 rings (SSSR count). The lowest BCUT2D eigenvalue weighted by molar-refractivity contribution is -0.157. The molecule has 2 atom stereocenters. The summed E-state index contributed by atoms with van der Waals surface area (Å²) in [4.78, 5) is 38.7. The fraction of sp³-hybridized carbons (Fsp3) is 0.500. The van der Waals surface area contributed by atoms with Crippen molar-refractivity contribution in [3.05, 3.63) is 40.8 Å². The molecule has 1 heterocycles. The van der Waals surface area contributed by atoms with Gasteiger partial charge in [0.15, 0.2) is 11.3 Å². The van der Waals surface area contributed by atoms with E-state index in [1.807, 2.05) is 30.3 Å². The lowest BCUT2D eigenvalue weighted by Gasteiger charge is -2.34. The summed E-state index contributed by atoms with van der Waals surface area (Å²) in [6.07, 6.45) is 0.560. The van der Waals surface area contributed by atoms with Gasteiger partial charge in [0.05, 0.1) is 20.6 Å². The third-order valence-corrected chi connectivity index (χ3v) is 7.59. The number of Topliss-reactive ketones (excluding diaryl/α,β-unsaturated/α-hetero) is 1. The molecule has 1 aromatic heterocycles. The molecule has 0 spiro atoms. The van der Waals surface area contributed by atoms with Crippen molar-refractivity contribution >= 4 is 45.3 Å². The van der Waals surface area contributed by atoms with Crippen molar-refractivity contribution in [2.75, 3.05) is 18.9 Å². The van der Waals surface area contributed by atoms with Crippen LogP contribution in [0.25, 0.3) is 11.1 Å². The van der Waals surface area contributed by atoms with Crippen LogP contribution < -0.4 is 10.0 Å². The summed E-state index contributed by atoms with van der Waals surface area (Å²) >= 11 is -0.741. The average molecular weight is 553 g/mol. The fourth-order valence-corrected chi connectivity index (χ4v) is 5.87. The summed E-state index contributed by atoms with van der Waals surface area (Å²) < 4.78 is 33.0. The van der Waals surface area contributed by atoms with Gasteiger partial charge in [0.1, 0.15) is 5.00 Å². The lowest BCUT2D eigenvalue weighted by atomic mass is 9.80. The number of thiophene rings is 1. The molecule has 0 aliphatic carbocycles. The molecule has 0 bridgehead atoms. The fourth-order valence-electron chi connectivity index (χ4n) is 4.08. The van der Waals surface area contributed by atoms with Crippen LogP contribution in [0.1, 0.15) is 51.0 Å². The Labute approximate surface area is 224 Å². The molecule has 1 aromatic carbocycles. The van der Waals surface area contributed by atoms with Gasteiger partial charge in [-0.25, -0.2) is 9.00 Å². The van der Waals surface area contributed by atoms with E-state index in [2.05, 4.69) is 28.6 Å². The number of carbonyl (C=O) groups is 3. The van der Waals surface area contributed by atoms with E-state index in [0.717, 1.165) is 28.0 Å². The van der Waals surface area contributed by atoms with Gasteiger partial charge in [0.25, 0.3) is 11.3 Å². The van der Waals surface area contributed by atoms with Gasteiger partial charge in [-0.15, -0.1) is 11.3 Å². The highest BCUT2D eigenvalue weighted by Crippen LogP contribution is 2.37. The monoisotopic (exact) mass is 552 g/mol. The molecule has 2 aromatic rings. The summed E-state index contributed by atoms with van der Waals surface area (Å²) in [5.41, 5.74) is 0.881. The van der Waals surface area contributed by atoms with Crippen LogP contribution in [-0.4, -0.2) is 46.2 Å². The number of ketones is 1. The number of hydrogen-bond donors (Lipinski definition) is 3. The Morgan fingerprint density at radius 2 is 1.70 bits per heavy atom. The van der Waals surface area contributed by atoms with Crippen LogP contribution in [0.5, 0.6) is 0 Å². The minimum absolute atomic E-state index is 0.133. The van der Waals surface area contributed by atoms with Crippen molar-refractivity contribution in [2.24, 2.45) is 11.8 Å². The first kappa shape index (κ1) is 30.6. The average Bonchev–Trinajstić information content (AvgIpc) is 3.23. The van der Waals surface area contributed by atoms with E-state index in [1.165, 1.54) is 25.6 Å². The van der Waals surface area contributed by atoms with E-state index >= 15 is 0 Å². The number of benzene rings is 1. The minimum atomic E-state index is -2.19. The molecule has 204 valence electrons. The summed E-state index contributed by atoms with van der Waals surface area (Å²) in [6.45, 7) is 7.92. The van der Waals surface area contributed by atoms with Gasteiger partial charge in [-0.1, -0.05) is 52.0 Å². The zero-order chi connectivity index (χ0) is 27.8. The minimum Gasteiger partial charge on any atom is -0.469 e. The molecule has 2 unspecified atom stereocenters. The Bertz CT molecular complexity index is 1110. The van der Waals surface area contributed by atoms with Crippen LogP contribution in [0.3, 0.4) is 0 Å². The van der Waals surface area contributed by atoms with Crippen LogP contribution in [0.15, 0.2) is 30.3 Å². The number of carbonyl (C=O) groups excluding carboxylic acids is 3. The summed E-state index contributed by atoms with van der Waals surface area (Å²) in [5.74, 6) is -1.69. The Morgan fingerprint density at radius 1 is 1.05 bits per heavy atom. The van der Waals surface area contributed by atoms with E-state index in [-0.39, 0.29) is 19.4 Å². The van der Waals surface area contributed by atoms with Crippen molar-refractivity contribution in [3.63, 3.8) is 0 Å². The van der Waals surface area contributed by atoms with Gasteiger partial charge in [0, 0.05) is 23.4 Å². The van der Waals surface area contributed by atoms with Crippen LogP contribution in [-0.2, 0) is 48.1 Å². The zero-order valence-corrected chi connectivity index (χ0v) is 23.7. The number of anilines is 1. The summed E-state index contributed by atoms with van der Waals surface area (Å²) in [6, 6.07) is 9.52. The maximum atomic E-state index is 13.2. The second-order valence-electron chi connectivity index (χ2n) is 9.41. The largest absolute Gasteiger partial charge is 0.469 e. The molecule has 0 aliphatic rings. The predicted octanol–water partition coefficient (Wildman–Crippen LogP) is 4.34. The number of hydrogen-bond acceptors (Lipinski definition) is 8. The maximum absolute atomic E-state index is 13.2. The van der Waals surface area contributed by atoms with E-state index in [4.69, 9.17) is 4.74 Å². The number of methoxy groups -OCH3 is 2. The highest BCUT2D eigenvalue weighted by Gasteiger charge is 2.48. The van der Waals surface area contributed by atoms with Gasteiger partial charge < -0.3 is 9.47 Å². The molecular formula is C26H36N2O7S2. The van der Waals surface area contributed by atoms with Crippen molar-refractivity contribution in [3.8, 4) is 11.1 Å². The standard InChI is InChI=1S/C26H36N2O7S2/c1-16(2)13-20-14-21(24(36-20)28-37(32)33)19-9-7-18(8-10-19)15-27-26(17(3)4,25(31)35-6)22(29)11-12-23(30)34-5/h7-10,14,16-17,27-28H,11-13,15H2,1-6H3,(H,32,33). The third-order valence-electron chi connectivity index (χ3n) is 6.01. The molecule has 0 amide bonds. The Kier molecular flexibility index (Phi) is 11.4. The van der Waals surface area contributed by atoms with Crippen LogP contribution >= 0.6 is 11.3 Å². The topological polar surface area (TPSA) is 131 Å². The van der Waals surface area contributed by atoms with Crippen molar-refractivity contribution < 1.29 is 32.6 Å². The van der Waals surface area contributed by atoms with Gasteiger partial charge in [-0.3, -0.25) is 24.2 Å². The van der Waals surface area contributed by atoms with E-state index < -0.39 is 40.4 Å². The first-order chi connectivity index (χ1) is 17.4. The Morgan fingerprint density at radius 3 is 2.22 bits per heavy atom. The normalized spacial score (nSPS) is 13.8. The zero-order valence-electron chi connectivity index (χ0n) is 22.1. The van der Waals surface area contributed by atoms with Crippen LogP contribution in [0.2, 0.25) is 0 Å². The maximum Gasteiger partial charge on any atom is 0.334 e. The van der Waals surface area contributed by atoms with E-state index in [9.17, 15) is 23.1 Å². The quantitative estimate of drug-likeness (QED) is 0.179. The Balaban J connectivity index is 2.29. The molecule has 11 heteroatoms. The van der Waals surface area contributed by atoms with E-state index in [1.54, 1.807) is 13.8 Å². The number of rotatable bonds is 14. The Hall–Kier alpha value is -2.60. The summed E-state index contributed by atoms with van der Waals surface area (Å²) in [7, 11) is 2.47. The number of nitrogens with one attached hydrogen (secondary N) is 2. The molecule has 0 saturated carbocycles.